The lowest BCUT2D eigenvalue weighted by Crippen LogP contribution is -2.13. The minimum absolute atomic E-state index is 0.358. The lowest BCUT2D eigenvalue weighted by Gasteiger charge is -2.03. The second-order valence-electron chi connectivity index (χ2n) is 4.57. The molecule has 5 heteroatoms. The van der Waals surface area contributed by atoms with Crippen LogP contribution in [0.5, 0.6) is 0 Å². The third kappa shape index (κ3) is 1.55. The fourth-order valence-corrected chi connectivity index (χ4v) is 2.51. The average molecular weight is 253 g/mol. The second-order valence-corrected chi connectivity index (χ2v) is 4.57. The Morgan fingerprint density at radius 1 is 1.26 bits per heavy atom. The molecule has 5 nitrogen and oxygen atoms in total. The first kappa shape index (κ1) is 10.4. The number of furan rings is 1. The molecule has 0 radical (unpaired) electrons. The summed E-state index contributed by atoms with van der Waals surface area (Å²) in [6, 6.07) is 9.73. The number of aromatic amines is 1. The van der Waals surface area contributed by atoms with Gasteiger partial charge < -0.3 is 14.7 Å². The number of anilines is 1. The van der Waals surface area contributed by atoms with E-state index in [1.807, 2.05) is 30.3 Å². The Kier molecular flexibility index (Phi) is 2.03. The van der Waals surface area contributed by atoms with Gasteiger partial charge in [0.2, 0.25) is 0 Å². The van der Waals surface area contributed by atoms with Gasteiger partial charge in [0.05, 0.1) is 5.69 Å². The van der Waals surface area contributed by atoms with E-state index in [2.05, 4.69) is 15.3 Å². The van der Waals surface area contributed by atoms with Crippen molar-refractivity contribution in [2.45, 2.75) is 6.42 Å². The molecule has 3 aromatic rings. The SMILES string of the molecule is O=c1nc2c(c(-c3cc4ccccc4o3)[nH]1)CCN2. The Labute approximate surface area is 108 Å². The van der Waals surface area contributed by atoms with Gasteiger partial charge in [-0.3, -0.25) is 0 Å². The fourth-order valence-electron chi connectivity index (χ4n) is 2.51. The fraction of sp³-hybridized carbons (Fsp3) is 0.143. The first-order valence-electron chi connectivity index (χ1n) is 6.17. The molecule has 2 aromatic heterocycles. The highest BCUT2D eigenvalue weighted by molar-refractivity contribution is 5.83. The van der Waals surface area contributed by atoms with E-state index in [1.54, 1.807) is 0 Å². The van der Waals surface area contributed by atoms with Crippen molar-refractivity contribution in [3.63, 3.8) is 0 Å². The summed E-state index contributed by atoms with van der Waals surface area (Å²) in [6.07, 6.45) is 0.839. The van der Waals surface area contributed by atoms with E-state index in [0.717, 1.165) is 35.2 Å². The summed E-state index contributed by atoms with van der Waals surface area (Å²) in [4.78, 5) is 18.3. The average Bonchev–Trinajstić information content (AvgIpc) is 3.03. The van der Waals surface area contributed by atoms with E-state index in [9.17, 15) is 4.79 Å². The van der Waals surface area contributed by atoms with Crippen molar-refractivity contribution in [2.24, 2.45) is 0 Å². The standard InChI is InChI=1S/C14H11N3O2/c18-14-16-12(9-5-6-15-13(9)17-14)11-7-8-3-1-2-4-10(8)19-11/h1-4,7H,5-6H2,(H2,15,16,17,18). The van der Waals surface area contributed by atoms with Gasteiger partial charge in [-0.1, -0.05) is 18.2 Å². The predicted octanol–water partition coefficient (Wildman–Crippen LogP) is 2.15. The molecule has 0 aliphatic carbocycles. The first-order chi connectivity index (χ1) is 9.31. The molecule has 4 rings (SSSR count). The minimum atomic E-state index is -0.358. The molecular weight excluding hydrogens is 242 g/mol. The maximum absolute atomic E-state index is 11.6. The number of aromatic nitrogens is 2. The lowest BCUT2D eigenvalue weighted by atomic mass is 10.1. The minimum Gasteiger partial charge on any atom is -0.455 e. The summed E-state index contributed by atoms with van der Waals surface area (Å²) in [5, 5.41) is 4.14. The highest BCUT2D eigenvalue weighted by atomic mass is 16.3. The molecule has 0 spiro atoms. The molecule has 3 heterocycles. The zero-order chi connectivity index (χ0) is 12.8. The molecular formula is C14H11N3O2. The monoisotopic (exact) mass is 253 g/mol. The van der Waals surface area contributed by atoms with E-state index in [-0.39, 0.29) is 5.69 Å². The zero-order valence-corrected chi connectivity index (χ0v) is 10.1. The van der Waals surface area contributed by atoms with Crippen LogP contribution in [0.25, 0.3) is 22.4 Å². The molecule has 1 aromatic carbocycles. The van der Waals surface area contributed by atoms with Gasteiger partial charge in [-0.2, -0.15) is 4.98 Å². The summed E-state index contributed by atoms with van der Waals surface area (Å²) in [5.74, 6) is 1.35. The second kappa shape index (κ2) is 3.71. The van der Waals surface area contributed by atoms with Crippen LogP contribution in [-0.4, -0.2) is 16.5 Å². The van der Waals surface area contributed by atoms with Crippen LogP contribution in [0.2, 0.25) is 0 Å². The summed E-state index contributed by atoms with van der Waals surface area (Å²) < 4.78 is 5.81. The third-order valence-electron chi connectivity index (χ3n) is 3.37. The van der Waals surface area contributed by atoms with Crippen molar-refractivity contribution in [3.8, 4) is 11.5 Å². The van der Waals surface area contributed by atoms with Gasteiger partial charge in [-0.05, 0) is 18.6 Å². The van der Waals surface area contributed by atoms with E-state index in [0.29, 0.717) is 11.6 Å². The van der Waals surface area contributed by atoms with Crippen LogP contribution >= 0.6 is 0 Å². The number of nitrogens with zero attached hydrogens (tertiary/aromatic N) is 1. The first-order valence-corrected chi connectivity index (χ1v) is 6.17. The van der Waals surface area contributed by atoms with Crippen molar-refractivity contribution in [1.29, 1.82) is 0 Å². The molecule has 0 fully saturated rings. The smallest absolute Gasteiger partial charge is 0.347 e. The molecule has 1 aliphatic rings. The number of para-hydroxylation sites is 1. The van der Waals surface area contributed by atoms with Crippen LogP contribution in [0, 0.1) is 0 Å². The maximum Gasteiger partial charge on any atom is 0.347 e. The van der Waals surface area contributed by atoms with Crippen LogP contribution in [0.1, 0.15) is 5.56 Å². The van der Waals surface area contributed by atoms with Crippen LogP contribution in [0.3, 0.4) is 0 Å². The van der Waals surface area contributed by atoms with Crippen LogP contribution < -0.4 is 11.0 Å². The van der Waals surface area contributed by atoms with Gasteiger partial charge in [-0.25, -0.2) is 4.79 Å². The molecule has 0 amide bonds. The van der Waals surface area contributed by atoms with Gasteiger partial charge in [-0.15, -0.1) is 0 Å². The van der Waals surface area contributed by atoms with Gasteiger partial charge in [0.15, 0.2) is 5.76 Å². The topological polar surface area (TPSA) is 70.9 Å². The quantitative estimate of drug-likeness (QED) is 0.697. The van der Waals surface area contributed by atoms with E-state index in [4.69, 9.17) is 4.42 Å². The molecule has 0 saturated heterocycles. The summed E-state index contributed by atoms with van der Waals surface area (Å²) in [7, 11) is 0. The summed E-state index contributed by atoms with van der Waals surface area (Å²) >= 11 is 0. The van der Waals surface area contributed by atoms with Crippen molar-refractivity contribution in [3.05, 3.63) is 46.4 Å². The molecule has 0 atom stereocenters. The van der Waals surface area contributed by atoms with Gasteiger partial charge >= 0.3 is 5.69 Å². The Bertz CT molecular complexity index is 799. The van der Waals surface area contributed by atoms with Crippen LogP contribution in [0.15, 0.2) is 39.5 Å². The van der Waals surface area contributed by atoms with Crippen molar-refractivity contribution in [1.82, 2.24) is 9.97 Å². The molecule has 19 heavy (non-hydrogen) atoms. The number of rotatable bonds is 1. The molecule has 0 saturated carbocycles. The van der Waals surface area contributed by atoms with Crippen molar-refractivity contribution < 1.29 is 4.42 Å². The van der Waals surface area contributed by atoms with E-state index >= 15 is 0 Å². The van der Waals surface area contributed by atoms with Crippen molar-refractivity contribution in [2.75, 3.05) is 11.9 Å². The molecule has 2 N–H and O–H groups in total. The zero-order valence-electron chi connectivity index (χ0n) is 10.1. The maximum atomic E-state index is 11.6. The van der Waals surface area contributed by atoms with Gasteiger partial charge in [0.1, 0.15) is 11.4 Å². The highest BCUT2D eigenvalue weighted by Crippen LogP contribution is 2.32. The summed E-state index contributed by atoms with van der Waals surface area (Å²) in [5.41, 5.74) is 2.20. The number of benzene rings is 1. The summed E-state index contributed by atoms with van der Waals surface area (Å²) in [6.45, 7) is 0.798. The lowest BCUT2D eigenvalue weighted by molar-refractivity contribution is 0.627. The Balaban J connectivity index is 1.99. The number of nitrogens with one attached hydrogen (secondary N) is 2. The number of hydrogen-bond donors (Lipinski definition) is 2. The predicted molar refractivity (Wildman–Crippen MR) is 72.3 cm³/mol. The van der Waals surface area contributed by atoms with Crippen LogP contribution in [0.4, 0.5) is 5.82 Å². The number of hydrogen-bond acceptors (Lipinski definition) is 4. The van der Waals surface area contributed by atoms with E-state index < -0.39 is 0 Å². The Hall–Kier alpha value is -2.56. The van der Waals surface area contributed by atoms with Crippen LogP contribution in [-0.2, 0) is 6.42 Å². The van der Waals surface area contributed by atoms with Gasteiger partial charge in [0.25, 0.3) is 0 Å². The number of fused-ring (bicyclic) bond motifs is 2. The Morgan fingerprint density at radius 2 is 2.16 bits per heavy atom. The Morgan fingerprint density at radius 3 is 3.05 bits per heavy atom. The normalized spacial score (nSPS) is 13.5. The molecule has 0 bridgehead atoms. The van der Waals surface area contributed by atoms with E-state index in [1.165, 1.54) is 0 Å². The largest absolute Gasteiger partial charge is 0.455 e. The van der Waals surface area contributed by atoms with Gasteiger partial charge in [0, 0.05) is 17.5 Å². The molecule has 94 valence electrons. The third-order valence-corrected chi connectivity index (χ3v) is 3.37. The number of H-pyrrole nitrogens is 1. The molecule has 1 aliphatic heterocycles. The molecule has 0 unspecified atom stereocenters. The van der Waals surface area contributed by atoms with Crippen molar-refractivity contribution >= 4 is 16.8 Å². The highest BCUT2D eigenvalue weighted by Gasteiger charge is 2.20.